The van der Waals surface area contributed by atoms with E-state index in [1.165, 1.54) is 10.9 Å². The molecule has 2 aromatic rings. The van der Waals surface area contributed by atoms with Gasteiger partial charge >= 0.3 is 0 Å². The summed E-state index contributed by atoms with van der Waals surface area (Å²) in [7, 11) is 3.75. The molecule has 14 heavy (non-hydrogen) atoms. The average Bonchev–Trinajstić information content (AvgIpc) is 2.62. The molecule has 0 bridgehead atoms. The average molecular weight is 190 g/mol. The van der Waals surface area contributed by atoms with Crippen LogP contribution in [0.2, 0.25) is 0 Å². The maximum atomic E-state index is 2.75. The standard InChI is InChI=1S/C10H11N.C2H7N/c1-2-11-8-7-9-5-3-4-6-10(9)11;1-3-2/h3-8H,2H2,1H3;3H,1-2H3. The van der Waals surface area contributed by atoms with Crippen molar-refractivity contribution >= 4 is 10.9 Å². The molecular weight excluding hydrogens is 172 g/mol. The quantitative estimate of drug-likeness (QED) is 0.731. The monoisotopic (exact) mass is 190 g/mol. The Kier molecular flexibility index (Phi) is 4.20. The smallest absolute Gasteiger partial charge is 0.0480 e. The summed E-state index contributed by atoms with van der Waals surface area (Å²) in [6.45, 7) is 3.21. The zero-order valence-electron chi connectivity index (χ0n) is 9.12. The lowest BCUT2D eigenvalue weighted by atomic mass is 10.2. The number of para-hydroxylation sites is 1. The molecule has 0 unspecified atom stereocenters. The number of aryl methyl sites for hydroxylation is 1. The second kappa shape index (κ2) is 5.45. The van der Waals surface area contributed by atoms with Gasteiger partial charge < -0.3 is 9.88 Å². The molecule has 0 radical (unpaired) electrons. The van der Waals surface area contributed by atoms with Gasteiger partial charge in [-0.1, -0.05) is 18.2 Å². The van der Waals surface area contributed by atoms with E-state index < -0.39 is 0 Å². The van der Waals surface area contributed by atoms with Crippen molar-refractivity contribution in [2.24, 2.45) is 0 Å². The lowest BCUT2D eigenvalue weighted by molar-refractivity contribution is 0.798. The summed E-state index contributed by atoms with van der Waals surface area (Å²) >= 11 is 0. The second-order valence-corrected chi connectivity index (χ2v) is 3.16. The molecule has 0 saturated heterocycles. The van der Waals surface area contributed by atoms with Crippen molar-refractivity contribution < 1.29 is 0 Å². The zero-order valence-corrected chi connectivity index (χ0v) is 9.12. The van der Waals surface area contributed by atoms with Crippen LogP contribution in [0.3, 0.4) is 0 Å². The molecule has 2 heteroatoms. The predicted molar refractivity (Wildman–Crippen MR) is 62.6 cm³/mol. The van der Waals surface area contributed by atoms with E-state index in [9.17, 15) is 0 Å². The Balaban J connectivity index is 0.000000293. The van der Waals surface area contributed by atoms with E-state index in [1.807, 2.05) is 14.1 Å². The molecule has 0 aliphatic carbocycles. The molecule has 1 N–H and O–H groups in total. The summed E-state index contributed by atoms with van der Waals surface area (Å²) in [4.78, 5) is 0. The van der Waals surface area contributed by atoms with Gasteiger partial charge in [-0.25, -0.2) is 0 Å². The van der Waals surface area contributed by atoms with Crippen LogP contribution in [0.15, 0.2) is 36.5 Å². The fraction of sp³-hybridized carbons (Fsp3) is 0.333. The normalized spacial score (nSPS) is 9.64. The number of rotatable bonds is 1. The number of hydrogen-bond donors (Lipinski definition) is 1. The molecule has 0 atom stereocenters. The van der Waals surface area contributed by atoms with Crippen molar-refractivity contribution in [1.29, 1.82) is 0 Å². The number of aromatic nitrogens is 1. The maximum absolute atomic E-state index is 2.75. The minimum Gasteiger partial charge on any atom is -0.348 e. The van der Waals surface area contributed by atoms with Crippen LogP contribution in [0, 0.1) is 0 Å². The van der Waals surface area contributed by atoms with Crippen molar-refractivity contribution in [1.82, 2.24) is 9.88 Å². The van der Waals surface area contributed by atoms with Crippen molar-refractivity contribution in [2.75, 3.05) is 14.1 Å². The number of nitrogens with zero attached hydrogens (tertiary/aromatic N) is 1. The fourth-order valence-electron chi connectivity index (χ4n) is 1.42. The van der Waals surface area contributed by atoms with E-state index in [0.29, 0.717) is 0 Å². The van der Waals surface area contributed by atoms with Gasteiger partial charge in [0.2, 0.25) is 0 Å². The van der Waals surface area contributed by atoms with E-state index in [1.54, 1.807) is 0 Å². The van der Waals surface area contributed by atoms with Crippen LogP contribution in [0.1, 0.15) is 6.92 Å². The number of fused-ring (bicyclic) bond motifs is 1. The number of hydrogen-bond acceptors (Lipinski definition) is 1. The first-order chi connectivity index (χ1) is 6.83. The molecule has 0 spiro atoms. The minimum absolute atomic E-state index is 1.05. The van der Waals surface area contributed by atoms with E-state index >= 15 is 0 Å². The molecule has 2 nitrogen and oxygen atoms in total. The Morgan fingerprint density at radius 1 is 1.14 bits per heavy atom. The van der Waals surface area contributed by atoms with Gasteiger partial charge in [0.25, 0.3) is 0 Å². The highest BCUT2D eigenvalue weighted by molar-refractivity contribution is 5.79. The molecule has 2 rings (SSSR count). The molecule has 1 aromatic carbocycles. The van der Waals surface area contributed by atoms with E-state index in [0.717, 1.165) is 6.54 Å². The van der Waals surface area contributed by atoms with Crippen molar-refractivity contribution in [2.45, 2.75) is 13.5 Å². The summed E-state index contributed by atoms with van der Waals surface area (Å²) < 4.78 is 2.25. The Hall–Kier alpha value is -1.28. The molecule has 0 fully saturated rings. The third-order valence-corrected chi connectivity index (χ3v) is 2.02. The topological polar surface area (TPSA) is 17.0 Å². The Morgan fingerprint density at radius 2 is 1.79 bits per heavy atom. The van der Waals surface area contributed by atoms with E-state index in [2.05, 4.69) is 53.3 Å². The first-order valence-electron chi connectivity index (χ1n) is 4.95. The van der Waals surface area contributed by atoms with Crippen LogP contribution in [0.4, 0.5) is 0 Å². The van der Waals surface area contributed by atoms with Crippen LogP contribution in [-0.2, 0) is 6.54 Å². The van der Waals surface area contributed by atoms with Crippen LogP contribution in [0.25, 0.3) is 10.9 Å². The lowest BCUT2D eigenvalue weighted by Gasteiger charge is -1.98. The molecular formula is C12H18N2. The summed E-state index contributed by atoms with van der Waals surface area (Å²) in [5.74, 6) is 0. The van der Waals surface area contributed by atoms with Gasteiger partial charge in [-0.05, 0) is 38.5 Å². The van der Waals surface area contributed by atoms with Crippen molar-refractivity contribution in [3.05, 3.63) is 36.5 Å². The van der Waals surface area contributed by atoms with Crippen LogP contribution >= 0.6 is 0 Å². The first kappa shape index (κ1) is 10.8. The third-order valence-electron chi connectivity index (χ3n) is 2.02. The molecule has 0 aliphatic rings. The Morgan fingerprint density at radius 3 is 2.43 bits per heavy atom. The molecule has 1 heterocycles. The van der Waals surface area contributed by atoms with Gasteiger partial charge in [-0.3, -0.25) is 0 Å². The summed E-state index contributed by atoms with van der Waals surface area (Å²) in [5.41, 5.74) is 1.33. The number of benzene rings is 1. The van der Waals surface area contributed by atoms with E-state index in [-0.39, 0.29) is 0 Å². The van der Waals surface area contributed by atoms with Crippen molar-refractivity contribution in [3.8, 4) is 0 Å². The predicted octanol–water partition coefficient (Wildman–Crippen LogP) is 2.50. The van der Waals surface area contributed by atoms with Gasteiger partial charge in [-0.2, -0.15) is 0 Å². The number of nitrogens with one attached hydrogen (secondary N) is 1. The minimum atomic E-state index is 1.05. The van der Waals surface area contributed by atoms with Gasteiger partial charge in [0, 0.05) is 18.3 Å². The van der Waals surface area contributed by atoms with Gasteiger partial charge in [-0.15, -0.1) is 0 Å². The molecule has 76 valence electrons. The zero-order chi connectivity index (χ0) is 10.4. The third kappa shape index (κ3) is 2.36. The first-order valence-corrected chi connectivity index (χ1v) is 4.95. The van der Waals surface area contributed by atoms with Gasteiger partial charge in [0.15, 0.2) is 0 Å². The van der Waals surface area contributed by atoms with Gasteiger partial charge in [0.05, 0.1) is 0 Å². The van der Waals surface area contributed by atoms with Crippen LogP contribution in [0.5, 0.6) is 0 Å². The highest BCUT2D eigenvalue weighted by atomic mass is 14.9. The fourth-order valence-corrected chi connectivity index (χ4v) is 1.42. The molecule has 0 amide bonds. The Labute approximate surface area is 85.5 Å². The molecule has 1 aromatic heterocycles. The highest BCUT2D eigenvalue weighted by Gasteiger charge is 1.95. The summed E-state index contributed by atoms with van der Waals surface area (Å²) in [6, 6.07) is 10.6. The maximum Gasteiger partial charge on any atom is 0.0480 e. The van der Waals surface area contributed by atoms with Crippen LogP contribution < -0.4 is 5.32 Å². The Bertz CT molecular complexity index is 376. The SMILES string of the molecule is CCn1ccc2ccccc21.CNC. The van der Waals surface area contributed by atoms with E-state index in [4.69, 9.17) is 0 Å². The molecule has 0 saturated carbocycles. The summed E-state index contributed by atoms with van der Waals surface area (Å²) in [6.07, 6.45) is 2.13. The van der Waals surface area contributed by atoms with Gasteiger partial charge in [0.1, 0.15) is 0 Å². The largest absolute Gasteiger partial charge is 0.348 e. The highest BCUT2D eigenvalue weighted by Crippen LogP contribution is 2.14. The van der Waals surface area contributed by atoms with Crippen LogP contribution in [-0.4, -0.2) is 18.7 Å². The molecule has 0 aliphatic heterocycles. The second-order valence-electron chi connectivity index (χ2n) is 3.16. The lowest BCUT2D eigenvalue weighted by Crippen LogP contribution is -1.89. The van der Waals surface area contributed by atoms with Crippen molar-refractivity contribution in [3.63, 3.8) is 0 Å². The summed E-state index contributed by atoms with van der Waals surface area (Å²) in [5, 5.41) is 4.08.